The fourth-order valence-corrected chi connectivity index (χ4v) is 2.02. The third kappa shape index (κ3) is 3.19. The molecule has 0 aliphatic carbocycles. The van der Waals surface area contributed by atoms with Crippen LogP contribution in [0.15, 0.2) is 18.5 Å². The van der Waals surface area contributed by atoms with Crippen molar-refractivity contribution in [2.75, 3.05) is 0 Å². The molecule has 0 saturated heterocycles. The quantitative estimate of drug-likeness (QED) is 0.875. The lowest BCUT2D eigenvalue weighted by Gasteiger charge is -2.29. The lowest BCUT2D eigenvalue weighted by Crippen LogP contribution is -2.29. The second-order valence-electron chi connectivity index (χ2n) is 5.72. The second-order valence-corrected chi connectivity index (χ2v) is 5.72. The summed E-state index contributed by atoms with van der Waals surface area (Å²) < 4.78 is 3.29. The fraction of sp³-hybridized carbons (Fsp3) is 0.583. The van der Waals surface area contributed by atoms with E-state index in [2.05, 4.69) is 20.6 Å². The molecule has 2 heterocycles. The van der Waals surface area contributed by atoms with Crippen LogP contribution in [0.25, 0.3) is 0 Å². The maximum Gasteiger partial charge on any atom is 0.305 e. The summed E-state index contributed by atoms with van der Waals surface area (Å²) in [5.41, 5.74) is -0.271. The smallest absolute Gasteiger partial charge is 0.305 e. The molecule has 0 aliphatic rings. The Balaban J connectivity index is 2.30. The average molecular weight is 278 g/mol. The van der Waals surface area contributed by atoms with Crippen molar-refractivity contribution >= 4 is 5.97 Å². The van der Waals surface area contributed by atoms with Crippen molar-refractivity contribution in [3.8, 4) is 0 Å². The van der Waals surface area contributed by atoms with Gasteiger partial charge < -0.3 is 5.11 Å². The number of carbonyl (C=O) groups is 1. The van der Waals surface area contributed by atoms with Gasteiger partial charge in [-0.2, -0.15) is 5.10 Å². The topological polar surface area (TPSA) is 98.7 Å². The summed E-state index contributed by atoms with van der Waals surface area (Å²) in [4.78, 5) is 11.1. The van der Waals surface area contributed by atoms with E-state index in [9.17, 15) is 4.79 Å². The number of carboxylic acid groups (broad SMARTS) is 1. The number of aromatic nitrogens is 6. The van der Waals surface area contributed by atoms with E-state index in [4.69, 9.17) is 5.11 Å². The Bertz CT molecular complexity index is 569. The molecule has 0 spiro atoms. The molecule has 0 fully saturated rings. The molecule has 0 radical (unpaired) electrons. The van der Waals surface area contributed by atoms with Gasteiger partial charge in [-0.15, -0.1) is 5.10 Å². The third-order valence-electron chi connectivity index (χ3n) is 3.09. The molecule has 8 nitrogen and oxygen atoms in total. The number of aliphatic carboxylic acids is 1. The van der Waals surface area contributed by atoms with Crippen LogP contribution in [-0.2, 0) is 11.3 Å². The summed E-state index contributed by atoms with van der Waals surface area (Å²) in [5, 5.41) is 24.8. The fourth-order valence-electron chi connectivity index (χ4n) is 2.02. The molecule has 2 rings (SSSR count). The van der Waals surface area contributed by atoms with E-state index >= 15 is 0 Å². The standard InChI is InChI=1S/C12H18N6O2/c1-12(2,3)9(7-11(19)20)18-10(14-15-16-18)8-17-6-4-5-13-17/h4-6,9H,7-8H2,1-3H3,(H,19,20). The number of hydrogen-bond donors (Lipinski definition) is 1. The molecule has 0 bridgehead atoms. The van der Waals surface area contributed by atoms with E-state index in [1.54, 1.807) is 15.6 Å². The predicted molar refractivity (Wildman–Crippen MR) is 69.9 cm³/mol. The van der Waals surface area contributed by atoms with Gasteiger partial charge in [0.2, 0.25) is 0 Å². The van der Waals surface area contributed by atoms with Gasteiger partial charge in [0.1, 0.15) is 6.54 Å². The first-order chi connectivity index (χ1) is 9.38. The van der Waals surface area contributed by atoms with Crippen LogP contribution in [0.4, 0.5) is 0 Å². The van der Waals surface area contributed by atoms with Gasteiger partial charge >= 0.3 is 5.97 Å². The maximum atomic E-state index is 11.1. The largest absolute Gasteiger partial charge is 0.481 e. The normalized spacial score (nSPS) is 13.3. The molecule has 2 aromatic heterocycles. The molecule has 2 aromatic rings. The molecule has 8 heteroatoms. The predicted octanol–water partition coefficient (Wildman–Crippen LogP) is 0.980. The first-order valence-electron chi connectivity index (χ1n) is 6.34. The Hall–Kier alpha value is -2.25. The molecule has 1 N–H and O–H groups in total. The van der Waals surface area contributed by atoms with Gasteiger partial charge in [0.25, 0.3) is 0 Å². The Kier molecular flexibility index (Phi) is 3.82. The molecule has 108 valence electrons. The van der Waals surface area contributed by atoms with Crippen LogP contribution in [0, 0.1) is 5.41 Å². The molecule has 1 atom stereocenters. The number of tetrazole rings is 1. The molecular weight excluding hydrogens is 260 g/mol. The highest BCUT2D eigenvalue weighted by Crippen LogP contribution is 2.33. The van der Waals surface area contributed by atoms with E-state index in [1.807, 2.05) is 33.0 Å². The van der Waals surface area contributed by atoms with Crippen LogP contribution in [0.2, 0.25) is 0 Å². The first-order valence-corrected chi connectivity index (χ1v) is 6.34. The van der Waals surface area contributed by atoms with Crippen molar-refractivity contribution in [2.24, 2.45) is 5.41 Å². The van der Waals surface area contributed by atoms with E-state index < -0.39 is 5.97 Å². The molecular formula is C12H18N6O2. The van der Waals surface area contributed by atoms with Crippen LogP contribution < -0.4 is 0 Å². The van der Waals surface area contributed by atoms with Crippen molar-refractivity contribution in [2.45, 2.75) is 39.8 Å². The summed E-state index contributed by atoms with van der Waals surface area (Å²) >= 11 is 0. The maximum absolute atomic E-state index is 11.1. The summed E-state index contributed by atoms with van der Waals surface area (Å²) in [6.45, 7) is 6.33. The molecule has 1 unspecified atom stereocenters. The zero-order valence-corrected chi connectivity index (χ0v) is 11.8. The minimum Gasteiger partial charge on any atom is -0.481 e. The molecule has 0 aromatic carbocycles. The van der Waals surface area contributed by atoms with Crippen molar-refractivity contribution in [1.82, 2.24) is 30.0 Å². The van der Waals surface area contributed by atoms with Crippen LogP contribution in [0.3, 0.4) is 0 Å². The Morgan fingerprint density at radius 1 is 1.45 bits per heavy atom. The van der Waals surface area contributed by atoms with E-state index in [-0.39, 0.29) is 17.9 Å². The van der Waals surface area contributed by atoms with Gasteiger partial charge in [0, 0.05) is 12.4 Å². The summed E-state index contributed by atoms with van der Waals surface area (Å²) in [6.07, 6.45) is 3.45. The Morgan fingerprint density at radius 2 is 2.20 bits per heavy atom. The highest BCUT2D eigenvalue weighted by Gasteiger charge is 2.31. The zero-order valence-electron chi connectivity index (χ0n) is 11.8. The van der Waals surface area contributed by atoms with Gasteiger partial charge in [0.05, 0.1) is 12.5 Å². The lowest BCUT2D eigenvalue weighted by molar-refractivity contribution is -0.138. The van der Waals surface area contributed by atoms with Crippen molar-refractivity contribution in [3.63, 3.8) is 0 Å². The van der Waals surface area contributed by atoms with Gasteiger partial charge in [-0.1, -0.05) is 20.8 Å². The third-order valence-corrected chi connectivity index (χ3v) is 3.09. The molecule has 0 amide bonds. The number of nitrogens with zero attached hydrogens (tertiary/aromatic N) is 6. The summed E-state index contributed by atoms with van der Waals surface area (Å²) in [5.74, 6) is -0.277. The van der Waals surface area contributed by atoms with Crippen LogP contribution in [0.5, 0.6) is 0 Å². The van der Waals surface area contributed by atoms with Crippen LogP contribution in [0.1, 0.15) is 39.1 Å². The second kappa shape index (κ2) is 5.40. The van der Waals surface area contributed by atoms with Crippen molar-refractivity contribution in [3.05, 3.63) is 24.3 Å². The minimum absolute atomic E-state index is 0.0271. The van der Waals surface area contributed by atoms with E-state index in [0.717, 1.165) is 0 Å². The average Bonchev–Trinajstić information content (AvgIpc) is 2.96. The molecule has 0 aliphatic heterocycles. The minimum atomic E-state index is -0.870. The lowest BCUT2D eigenvalue weighted by atomic mass is 9.85. The van der Waals surface area contributed by atoms with Crippen molar-refractivity contribution in [1.29, 1.82) is 0 Å². The summed E-state index contributed by atoms with van der Waals surface area (Å²) in [7, 11) is 0. The number of carboxylic acids is 1. The van der Waals surface area contributed by atoms with Gasteiger partial charge in [0.15, 0.2) is 5.82 Å². The van der Waals surface area contributed by atoms with E-state index in [1.165, 1.54) is 0 Å². The number of hydrogen-bond acceptors (Lipinski definition) is 5. The van der Waals surface area contributed by atoms with Gasteiger partial charge in [-0.25, -0.2) is 4.68 Å². The van der Waals surface area contributed by atoms with Gasteiger partial charge in [-0.05, 0) is 21.9 Å². The first kappa shape index (κ1) is 14.2. The number of rotatable bonds is 5. The van der Waals surface area contributed by atoms with Crippen LogP contribution >= 0.6 is 0 Å². The van der Waals surface area contributed by atoms with Gasteiger partial charge in [-0.3, -0.25) is 9.48 Å². The molecule has 20 heavy (non-hydrogen) atoms. The molecule has 0 saturated carbocycles. The SMILES string of the molecule is CC(C)(C)C(CC(=O)O)n1nnnc1Cn1cccn1. The zero-order chi connectivity index (χ0) is 14.8. The monoisotopic (exact) mass is 278 g/mol. The van der Waals surface area contributed by atoms with Crippen LogP contribution in [-0.4, -0.2) is 41.1 Å². The van der Waals surface area contributed by atoms with E-state index in [0.29, 0.717) is 12.4 Å². The van der Waals surface area contributed by atoms with Crippen molar-refractivity contribution < 1.29 is 9.90 Å². The highest BCUT2D eigenvalue weighted by molar-refractivity contribution is 5.67. The summed E-state index contributed by atoms with van der Waals surface area (Å²) in [6, 6.07) is 1.49. The highest BCUT2D eigenvalue weighted by atomic mass is 16.4. The Labute approximate surface area is 116 Å². The Morgan fingerprint density at radius 3 is 2.75 bits per heavy atom.